The zero-order valence-corrected chi connectivity index (χ0v) is 19.3. The van der Waals surface area contributed by atoms with E-state index in [2.05, 4.69) is 50.9 Å². The van der Waals surface area contributed by atoms with Crippen molar-refractivity contribution in [1.29, 1.82) is 0 Å². The summed E-state index contributed by atoms with van der Waals surface area (Å²) in [5.74, 6) is 0.210. The van der Waals surface area contributed by atoms with Crippen LogP contribution in [-0.4, -0.2) is 31.8 Å². The molecule has 5 nitrogen and oxygen atoms in total. The van der Waals surface area contributed by atoms with E-state index in [1.165, 1.54) is 4.80 Å². The number of aromatic hydroxyl groups is 1. The number of aliphatic hydroxyl groups is 1. The molecule has 0 bridgehead atoms. The second kappa shape index (κ2) is 8.56. The first kappa shape index (κ1) is 22.6. The second-order valence-electron chi connectivity index (χ2n) is 9.94. The number of unbranched alkanes of at least 4 members (excludes halogenated alkanes) is 1. The number of halogens is 1. The molecule has 0 saturated carbocycles. The van der Waals surface area contributed by atoms with Crippen molar-refractivity contribution < 1.29 is 10.2 Å². The Balaban J connectivity index is 2.13. The molecule has 2 aromatic carbocycles. The van der Waals surface area contributed by atoms with Gasteiger partial charge in [-0.1, -0.05) is 52.3 Å². The summed E-state index contributed by atoms with van der Waals surface area (Å²) in [6, 6.07) is 9.43. The number of fused-ring (bicyclic) bond motifs is 1. The molecule has 2 N–H and O–H groups in total. The number of phenols is 1. The summed E-state index contributed by atoms with van der Waals surface area (Å²) in [5.41, 5.74) is 3.85. The van der Waals surface area contributed by atoms with Gasteiger partial charge in [-0.2, -0.15) is 0 Å². The highest BCUT2D eigenvalue weighted by atomic mass is 35.5. The molecule has 0 radical (unpaired) electrons. The predicted octanol–water partition coefficient (Wildman–Crippen LogP) is 5.81. The molecule has 0 amide bonds. The van der Waals surface area contributed by atoms with Crippen LogP contribution < -0.4 is 0 Å². The Morgan fingerprint density at radius 1 is 0.967 bits per heavy atom. The molecule has 0 aliphatic heterocycles. The number of aromatic nitrogens is 3. The first-order valence-corrected chi connectivity index (χ1v) is 10.9. The van der Waals surface area contributed by atoms with Crippen molar-refractivity contribution in [3.8, 4) is 11.4 Å². The highest BCUT2D eigenvalue weighted by Gasteiger charge is 2.31. The lowest BCUT2D eigenvalue weighted by atomic mass is 9.71. The zero-order chi connectivity index (χ0) is 22.1. The third-order valence-electron chi connectivity index (χ3n) is 5.28. The third-order valence-corrected chi connectivity index (χ3v) is 5.52. The van der Waals surface area contributed by atoms with Gasteiger partial charge in [-0.3, -0.25) is 0 Å². The van der Waals surface area contributed by atoms with Gasteiger partial charge in [0.25, 0.3) is 0 Å². The van der Waals surface area contributed by atoms with Crippen LogP contribution in [0.4, 0.5) is 0 Å². The Kier molecular flexibility index (Phi) is 6.44. The van der Waals surface area contributed by atoms with Gasteiger partial charge in [-0.15, -0.1) is 15.0 Å². The number of rotatable bonds is 7. The molecule has 0 spiro atoms. The van der Waals surface area contributed by atoms with Gasteiger partial charge in [-0.25, -0.2) is 0 Å². The smallest absolute Gasteiger partial charge is 0.146 e. The molecule has 1 aromatic heterocycles. The van der Waals surface area contributed by atoms with Crippen molar-refractivity contribution in [2.45, 2.75) is 65.7 Å². The molecule has 1 heterocycles. The zero-order valence-electron chi connectivity index (χ0n) is 18.5. The molecule has 0 aliphatic rings. The molecule has 0 fully saturated rings. The van der Waals surface area contributed by atoms with Crippen LogP contribution >= 0.6 is 11.6 Å². The molecule has 3 aromatic rings. The summed E-state index contributed by atoms with van der Waals surface area (Å²) in [5, 5.41) is 30.2. The number of hydrogen-bond acceptors (Lipinski definition) is 4. The number of benzene rings is 2. The van der Waals surface area contributed by atoms with Crippen LogP contribution in [0.2, 0.25) is 5.02 Å². The average Bonchev–Trinajstić information content (AvgIpc) is 3.03. The SMILES string of the molecule is CC(C)(C)CC(C)(C)c1cc(CCCCO)cc(-n2nc3ccc(Cl)cc3n2)c1O. The van der Waals surface area contributed by atoms with Crippen molar-refractivity contribution in [3.05, 3.63) is 46.5 Å². The lowest BCUT2D eigenvalue weighted by Gasteiger charge is -2.34. The van der Waals surface area contributed by atoms with E-state index < -0.39 is 0 Å². The number of phenolic OH excluding ortho intramolecular Hbond substituents is 1. The van der Waals surface area contributed by atoms with Crippen molar-refractivity contribution in [2.24, 2.45) is 5.41 Å². The normalized spacial score (nSPS) is 12.6. The summed E-state index contributed by atoms with van der Waals surface area (Å²) in [6.45, 7) is 11.2. The van der Waals surface area contributed by atoms with E-state index in [0.717, 1.165) is 42.3 Å². The molecule has 6 heteroatoms. The highest BCUT2D eigenvalue weighted by molar-refractivity contribution is 6.31. The van der Waals surface area contributed by atoms with Gasteiger partial charge in [0, 0.05) is 17.2 Å². The Labute approximate surface area is 183 Å². The summed E-state index contributed by atoms with van der Waals surface area (Å²) >= 11 is 6.10. The first-order valence-electron chi connectivity index (χ1n) is 10.5. The Morgan fingerprint density at radius 3 is 2.33 bits per heavy atom. The molecule has 3 rings (SSSR count). The molecule has 0 saturated heterocycles. The number of nitrogens with zero attached hydrogens (tertiary/aromatic N) is 3. The van der Waals surface area contributed by atoms with Crippen LogP contribution in [0.3, 0.4) is 0 Å². The molecule has 0 aliphatic carbocycles. The maximum atomic E-state index is 11.3. The quantitative estimate of drug-likeness (QED) is 0.465. The Hall–Kier alpha value is -2.11. The summed E-state index contributed by atoms with van der Waals surface area (Å²) < 4.78 is 0. The number of hydrogen-bond donors (Lipinski definition) is 2. The van der Waals surface area contributed by atoms with Crippen LogP contribution in [0, 0.1) is 5.41 Å². The third kappa shape index (κ3) is 5.13. The van der Waals surface area contributed by atoms with Crippen molar-refractivity contribution in [2.75, 3.05) is 6.61 Å². The van der Waals surface area contributed by atoms with E-state index in [1.54, 1.807) is 12.1 Å². The van der Waals surface area contributed by atoms with Crippen molar-refractivity contribution in [1.82, 2.24) is 15.0 Å². The second-order valence-corrected chi connectivity index (χ2v) is 10.4. The van der Waals surface area contributed by atoms with Crippen LogP contribution in [0.15, 0.2) is 30.3 Å². The highest BCUT2D eigenvalue weighted by Crippen LogP contribution is 2.42. The standard InChI is InChI=1S/C24H32ClN3O2/c1-23(2,3)15-24(4,5)18-12-16(8-6-7-11-29)13-21(22(18)30)28-26-19-10-9-17(25)14-20(19)27-28/h9-10,12-14,29-30H,6-8,11,15H2,1-5H3. The minimum Gasteiger partial charge on any atom is -0.505 e. The minimum absolute atomic E-state index is 0.109. The lowest BCUT2D eigenvalue weighted by molar-refractivity contribution is 0.277. The summed E-state index contributed by atoms with van der Waals surface area (Å²) in [7, 11) is 0. The fourth-order valence-corrected chi connectivity index (χ4v) is 4.51. The van der Waals surface area contributed by atoms with Crippen molar-refractivity contribution in [3.63, 3.8) is 0 Å². The van der Waals surface area contributed by atoms with Gasteiger partial charge in [-0.05, 0) is 66.3 Å². The topological polar surface area (TPSA) is 71.2 Å². The van der Waals surface area contributed by atoms with E-state index in [4.69, 9.17) is 16.7 Å². The van der Waals surface area contributed by atoms with Gasteiger partial charge in [0.2, 0.25) is 0 Å². The molecule has 30 heavy (non-hydrogen) atoms. The molecule has 162 valence electrons. The molecular formula is C24H32ClN3O2. The van der Waals surface area contributed by atoms with Gasteiger partial charge in [0.1, 0.15) is 22.5 Å². The van der Waals surface area contributed by atoms with E-state index in [0.29, 0.717) is 16.2 Å². The Morgan fingerprint density at radius 2 is 1.67 bits per heavy atom. The van der Waals surface area contributed by atoms with Crippen LogP contribution in [0.1, 0.15) is 65.0 Å². The molecule has 0 atom stereocenters. The molecule has 0 unspecified atom stereocenters. The maximum absolute atomic E-state index is 11.3. The first-order chi connectivity index (χ1) is 14.0. The van der Waals surface area contributed by atoms with E-state index in [1.807, 2.05) is 12.1 Å². The van der Waals surface area contributed by atoms with Gasteiger partial charge >= 0.3 is 0 Å². The van der Waals surface area contributed by atoms with Gasteiger partial charge in [0.05, 0.1) is 0 Å². The number of aliphatic hydroxyl groups excluding tert-OH is 1. The maximum Gasteiger partial charge on any atom is 0.146 e. The van der Waals surface area contributed by atoms with Crippen LogP contribution in [-0.2, 0) is 11.8 Å². The molecular weight excluding hydrogens is 398 g/mol. The van der Waals surface area contributed by atoms with E-state index in [-0.39, 0.29) is 23.2 Å². The summed E-state index contributed by atoms with van der Waals surface area (Å²) in [6.07, 6.45) is 3.36. The van der Waals surface area contributed by atoms with Gasteiger partial charge in [0.15, 0.2) is 0 Å². The average molecular weight is 430 g/mol. The Bertz CT molecular complexity index is 1030. The number of aryl methyl sites for hydroxylation is 1. The summed E-state index contributed by atoms with van der Waals surface area (Å²) in [4.78, 5) is 1.50. The lowest BCUT2D eigenvalue weighted by Crippen LogP contribution is -2.25. The van der Waals surface area contributed by atoms with E-state index >= 15 is 0 Å². The minimum atomic E-state index is -0.236. The fourth-order valence-electron chi connectivity index (χ4n) is 4.35. The van der Waals surface area contributed by atoms with Crippen LogP contribution in [0.25, 0.3) is 16.7 Å². The van der Waals surface area contributed by atoms with Crippen LogP contribution in [0.5, 0.6) is 5.75 Å². The monoisotopic (exact) mass is 429 g/mol. The predicted molar refractivity (Wildman–Crippen MR) is 123 cm³/mol. The fraction of sp³-hybridized carbons (Fsp3) is 0.500. The van der Waals surface area contributed by atoms with E-state index in [9.17, 15) is 5.11 Å². The largest absolute Gasteiger partial charge is 0.505 e. The van der Waals surface area contributed by atoms with Crippen molar-refractivity contribution >= 4 is 22.6 Å². The van der Waals surface area contributed by atoms with Gasteiger partial charge < -0.3 is 10.2 Å².